The Kier molecular flexibility index (Phi) is 10.4. The van der Waals surface area contributed by atoms with Crippen molar-refractivity contribution in [2.24, 2.45) is 11.8 Å². The number of sulfonamides is 1. The van der Waals surface area contributed by atoms with E-state index in [1.807, 2.05) is 44.2 Å². The smallest absolute Gasteiger partial charge is 0.251 e. The normalized spacial score (nSPS) is 17.5. The van der Waals surface area contributed by atoms with E-state index in [4.69, 9.17) is 0 Å². The molecule has 1 fully saturated rings. The maximum atomic E-state index is 13.1. The van der Waals surface area contributed by atoms with Crippen LogP contribution in [0.3, 0.4) is 0 Å². The van der Waals surface area contributed by atoms with E-state index in [1.54, 1.807) is 0 Å². The van der Waals surface area contributed by atoms with Crippen molar-refractivity contribution >= 4 is 21.8 Å². The fourth-order valence-corrected chi connectivity index (χ4v) is 5.90. The third-order valence-corrected chi connectivity index (χ3v) is 8.72. The molecule has 10 heteroatoms. The van der Waals surface area contributed by atoms with Crippen LogP contribution in [0.25, 0.3) is 0 Å². The summed E-state index contributed by atoms with van der Waals surface area (Å²) in [6.45, 7) is 6.86. The van der Waals surface area contributed by atoms with Gasteiger partial charge in [0.15, 0.2) is 0 Å². The van der Waals surface area contributed by atoms with Crippen molar-refractivity contribution in [2.75, 3.05) is 19.6 Å². The zero-order valence-corrected chi connectivity index (χ0v) is 23.0. The van der Waals surface area contributed by atoms with Crippen LogP contribution in [0.5, 0.6) is 0 Å². The molecule has 0 bridgehead atoms. The number of benzene rings is 2. The Balaban J connectivity index is 1.75. The van der Waals surface area contributed by atoms with Crippen molar-refractivity contribution in [1.82, 2.24) is 14.9 Å². The molecule has 0 aromatic heterocycles. The molecular formula is C28H39N3O6S. The van der Waals surface area contributed by atoms with Gasteiger partial charge in [-0.1, -0.05) is 51.1 Å². The number of amides is 2. The summed E-state index contributed by atoms with van der Waals surface area (Å²) in [4.78, 5) is 25.8. The van der Waals surface area contributed by atoms with Gasteiger partial charge in [-0.05, 0) is 55.0 Å². The summed E-state index contributed by atoms with van der Waals surface area (Å²) in [5, 5.41) is 27.5. The Morgan fingerprint density at radius 3 is 2.11 bits per heavy atom. The van der Waals surface area contributed by atoms with E-state index in [0.29, 0.717) is 19.6 Å². The maximum Gasteiger partial charge on any atom is 0.251 e. The van der Waals surface area contributed by atoms with Gasteiger partial charge in [-0.25, -0.2) is 8.42 Å². The highest BCUT2D eigenvalue weighted by atomic mass is 32.2. The van der Waals surface area contributed by atoms with Crippen LogP contribution >= 0.6 is 0 Å². The summed E-state index contributed by atoms with van der Waals surface area (Å²) in [6.07, 6.45) is -0.992. The van der Waals surface area contributed by atoms with Crippen molar-refractivity contribution in [3.63, 3.8) is 0 Å². The number of hydrogen-bond donors (Lipinski definition) is 4. The lowest BCUT2D eigenvalue weighted by Crippen LogP contribution is -2.53. The first-order chi connectivity index (χ1) is 18.0. The molecule has 0 unspecified atom stereocenters. The second kappa shape index (κ2) is 13.3. The molecule has 9 nitrogen and oxygen atoms in total. The lowest BCUT2D eigenvalue weighted by molar-refractivity contribution is -0.131. The highest BCUT2D eigenvalue weighted by Gasteiger charge is 2.35. The van der Waals surface area contributed by atoms with Crippen LogP contribution in [0.1, 0.15) is 49.5 Å². The van der Waals surface area contributed by atoms with Gasteiger partial charge in [0.25, 0.3) is 5.91 Å². The predicted molar refractivity (Wildman–Crippen MR) is 145 cm³/mol. The average molecular weight is 546 g/mol. The summed E-state index contributed by atoms with van der Waals surface area (Å²) in [5.41, 5.74) is 1.04. The molecule has 2 aromatic carbocycles. The standard InChI is InChI=1S/C28H39N3O6S/c1-19(2)18-29-27(34)20(3)25(32)26(33)24(17-21-9-5-4-6-10-21)30-28(35)22-11-13-23(14-12-22)38(36,37)31-15-7-8-16-31/h4-6,9-14,19-20,24-26,32-33H,7-8,15-18H2,1-3H3,(H,29,34)(H,30,35)/t20-,24+,25-,26-/m1/s1. The first kappa shape index (κ1) is 29.8. The van der Waals surface area contributed by atoms with Crippen LogP contribution in [-0.2, 0) is 21.2 Å². The third kappa shape index (κ3) is 7.63. The van der Waals surface area contributed by atoms with Crippen LogP contribution in [0.2, 0.25) is 0 Å². The maximum absolute atomic E-state index is 13.1. The zero-order chi connectivity index (χ0) is 27.9. The Labute approximate surface area is 225 Å². The molecule has 2 amide bonds. The molecule has 1 aliphatic rings. The molecule has 3 rings (SSSR count). The molecule has 1 aliphatic heterocycles. The molecule has 2 aromatic rings. The Bertz CT molecular complexity index is 1160. The van der Waals surface area contributed by atoms with Crippen molar-refractivity contribution in [3.8, 4) is 0 Å². The van der Waals surface area contributed by atoms with Gasteiger partial charge < -0.3 is 20.8 Å². The minimum absolute atomic E-state index is 0.119. The van der Waals surface area contributed by atoms with Gasteiger partial charge in [-0.2, -0.15) is 4.31 Å². The monoisotopic (exact) mass is 545 g/mol. The molecule has 38 heavy (non-hydrogen) atoms. The fraction of sp³-hybridized carbons (Fsp3) is 0.500. The van der Waals surface area contributed by atoms with E-state index < -0.39 is 40.1 Å². The van der Waals surface area contributed by atoms with Crippen molar-refractivity contribution in [1.29, 1.82) is 0 Å². The highest BCUT2D eigenvalue weighted by Crippen LogP contribution is 2.21. The number of nitrogens with zero attached hydrogens (tertiary/aromatic N) is 1. The number of aliphatic hydroxyl groups excluding tert-OH is 2. The molecule has 0 spiro atoms. The fourth-order valence-electron chi connectivity index (χ4n) is 4.39. The largest absolute Gasteiger partial charge is 0.390 e. The summed E-state index contributed by atoms with van der Waals surface area (Å²) < 4.78 is 27.0. The van der Waals surface area contributed by atoms with Crippen LogP contribution in [0, 0.1) is 11.8 Å². The van der Waals surface area contributed by atoms with Gasteiger partial charge in [0.1, 0.15) is 6.10 Å². The summed E-state index contributed by atoms with van der Waals surface area (Å²) in [5.74, 6) is -1.59. The van der Waals surface area contributed by atoms with Gasteiger partial charge >= 0.3 is 0 Å². The number of aliphatic hydroxyl groups is 2. The first-order valence-corrected chi connectivity index (χ1v) is 14.5. The minimum Gasteiger partial charge on any atom is -0.390 e. The summed E-state index contributed by atoms with van der Waals surface area (Å²) >= 11 is 0. The number of nitrogens with one attached hydrogen (secondary N) is 2. The Hall–Kier alpha value is -2.79. The second-order valence-electron chi connectivity index (χ2n) is 10.3. The molecule has 4 atom stereocenters. The summed E-state index contributed by atoms with van der Waals surface area (Å²) in [7, 11) is -3.61. The zero-order valence-electron chi connectivity index (χ0n) is 22.2. The molecule has 0 saturated carbocycles. The van der Waals surface area contributed by atoms with E-state index in [-0.39, 0.29) is 28.7 Å². The van der Waals surface area contributed by atoms with Gasteiger partial charge in [-0.15, -0.1) is 0 Å². The molecule has 0 radical (unpaired) electrons. The molecule has 0 aliphatic carbocycles. The van der Waals surface area contributed by atoms with Gasteiger partial charge in [0.05, 0.1) is 23.0 Å². The molecule has 1 saturated heterocycles. The number of rotatable bonds is 12. The third-order valence-electron chi connectivity index (χ3n) is 6.81. The van der Waals surface area contributed by atoms with Gasteiger partial charge in [0, 0.05) is 25.2 Å². The van der Waals surface area contributed by atoms with Gasteiger partial charge in [-0.3, -0.25) is 9.59 Å². The topological polar surface area (TPSA) is 136 Å². The average Bonchev–Trinajstić information content (AvgIpc) is 3.47. The number of carbonyl (C=O) groups is 2. The molecular weight excluding hydrogens is 506 g/mol. The lowest BCUT2D eigenvalue weighted by Gasteiger charge is -2.30. The number of carbonyl (C=O) groups excluding carboxylic acids is 2. The van der Waals surface area contributed by atoms with Gasteiger partial charge in [0.2, 0.25) is 15.9 Å². The van der Waals surface area contributed by atoms with E-state index >= 15 is 0 Å². The predicted octanol–water partition coefficient (Wildman–Crippen LogP) is 1.94. The van der Waals surface area contributed by atoms with Crippen LogP contribution in [0.4, 0.5) is 0 Å². The van der Waals surface area contributed by atoms with E-state index in [1.165, 1.54) is 35.5 Å². The minimum atomic E-state index is -3.61. The Morgan fingerprint density at radius 1 is 0.921 bits per heavy atom. The van der Waals surface area contributed by atoms with Crippen molar-refractivity contribution in [3.05, 3.63) is 65.7 Å². The summed E-state index contributed by atoms with van der Waals surface area (Å²) in [6, 6.07) is 14.0. The molecule has 1 heterocycles. The van der Waals surface area contributed by atoms with E-state index in [9.17, 15) is 28.2 Å². The number of hydrogen-bond acceptors (Lipinski definition) is 6. The van der Waals surface area contributed by atoms with Crippen LogP contribution < -0.4 is 10.6 Å². The Morgan fingerprint density at radius 2 is 1.53 bits per heavy atom. The lowest BCUT2D eigenvalue weighted by atomic mass is 9.90. The van der Waals surface area contributed by atoms with Crippen LogP contribution in [0.15, 0.2) is 59.5 Å². The van der Waals surface area contributed by atoms with Crippen molar-refractivity contribution < 1.29 is 28.2 Å². The van der Waals surface area contributed by atoms with Crippen LogP contribution in [-0.4, -0.2) is 72.6 Å². The van der Waals surface area contributed by atoms with Crippen molar-refractivity contribution in [2.45, 2.75) is 63.2 Å². The molecule has 4 N–H and O–H groups in total. The van der Waals surface area contributed by atoms with E-state index in [0.717, 1.165) is 18.4 Å². The second-order valence-corrected chi connectivity index (χ2v) is 12.3. The van der Waals surface area contributed by atoms with E-state index in [2.05, 4.69) is 10.6 Å². The SMILES string of the molecule is CC(C)CNC(=O)[C@H](C)[C@@H](O)[C@H](O)[C@H](Cc1ccccc1)NC(=O)c1ccc(S(=O)(=O)N2CCCC2)cc1. The quantitative estimate of drug-likeness (QED) is 0.322. The first-order valence-electron chi connectivity index (χ1n) is 13.1. The highest BCUT2D eigenvalue weighted by molar-refractivity contribution is 7.89. The molecule has 208 valence electrons.